The van der Waals surface area contributed by atoms with Crippen LogP contribution in [0.2, 0.25) is 0 Å². The Labute approximate surface area is 126 Å². The fourth-order valence-corrected chi connectivity index (χ4v) is 3.10. The number of benzene rings is 1. The molecule has 1 N–H and O–H groups in total. The van der Waals surface area contributed by atoms with Gasteiger partial charge in [0.1, 0.15) is 0 Å². The zero-order valence-corrected chi connectivity index (χ0v) is 13.3. The van der Waals surface area contributed by atoms with Crippen LogP contribution in [0.4, 0.5) is 11.4 Å². The Morgan fingerprint density at radius 3 is 2.75 bits per heavy atom. The summed E-state index contributed by atoms with van der Waals surface area (Å²) >= 11 is 1.80. The van der Waals surface area contributed by atoms with Crippen molar-refractivity contribution < 1.29 is 4.79 Å². The van der Waals surface area contributed by atoms with Crippen molar-refractivity contribution in [3.05, 3.63) is 23.8 Å². The summed E-state index contributed by atoms with van der Waals surface area (Å²) in [5.74, 6) is 2.08. The molecule has 0 aliphatic carbocycles. The van der Waals surface area contributed by atoms with Crippen LogP contribution in [-0.4, -0.2) is 30.5 Å². The first-order chi connectivity index (χ1) is 9.70. The van der Waals surface area contributed by atoms with Crippen molar-refractivity contribution in [2.45, 2.75) is 33.1 Å². The Kier molecular flexibility index (Phi) is 5.77. The van der Waals surface area contributed by atoms with Gasteiger partial charge in [0.2, 0.25) is 5.91 Å². The molecule has 1 aliphatic rings. The zero-order valence-electron chi connectivity index (χ0n) is 12.4. The average molecular weight is 292 g/mol. The third-order valence-corrected chi connectivity index (χ3v) is 4.53. The van der Waals surface area contributed by atoms with Gasteiger partial charge < -0.3 is 10.2 Å². The van der Waals surface area contributed by atoms with Crippen molar-refractivity contribution in [2.75, 3.05) is 34.8 Å². The van der Waals surface area contributed by atoms with Crippen LogP contribution in [0.3, 0.4) is 0 Å². The molecule has 1 amide bonds. The summed E-state index contributed by atoms with van der Waals surface area (Å²) in [5, 5.41) is 3.02. The van der Waals surface area contributed by atoms with Crippen LogP contribution in [0, 0.1) is 6.92 Å². The topological polar surface area (TPSA) is 32.3 Å². The number of nitrogens with one attached hydrogen (secondary N) is 1. The van der Waals surface area contributed by atoms with Crippen molar-refractivity contribution >= 4 is 29.0 Å². The van der Waals surface area contributed by atoms with Crippen molar-refractivity contribution in [3.63, 3.8) is 0 Å². The maximum absolute atomic E-state index is 11.8. The molecule has 0 atom stereocenters. The molecule has 1 aromatic rings. The van der Waals surface area contributed by atoms with Gasteiger partial charge in [0.25, 0.3) is 0 Å². The number of thioether (sulfide) groups is 1. The maximum atomic E-state index is 11.8. The highest BCUT2D eigenvalue weighted by molar-refractivity contribution is 7.99. The molecule has 0 aromatic heterocycles. The second-order valence-corrected chi connectivity index (χ2v) is 6.58. The molecule has 0 saturated carbocycles. The van der Waals surface area contributed by atoms with E-state index >= 15 is 0 Å². The summed E-state index contributed by atoms with van der Waals surface area (Å²) in [6.45, 7) is 6.48. The van der Waals surface area contributed by atoms with Crippen molar-refractivity contribution in [1.29, 1.82) is 0 Å². The fraction of sp³-hybridized carbons (Fsp3) is 0.562. The van der Waals surface area contributed by atoms with Crippen molar-refractivity contribution in [1.82, 2.24) is 0 Å². The highest BCUT2D eigenvalue weighted by Gasteiger charge is 2.13. The van der Waals surface area contributed by atoms with E-state index in [2.05, 4.69) is 36.2 Å². The number of carbonyl (C=O) groups is 1. The van der Waals surface area contributed by atoms with Crippen LogP contribution in [-0.2, 0) is 4.79 Å². The van der Waals surface area contributed by atoms with Crippen molar-refractivity contribution in [2.24, 2.45) is 0 Å². The first-order valence-corrected chi connectivity index (χ1v) is 8.59. The van der Waals surface area contributed by atoms with E-state index in [0.717, 1.165) is 35.8 Å². The van der Waals surface area contributed by atoms with E-state index < -0.39 is 0 Å². The van der Waals surface area contributed by atoms with E-state index in [0.29, 0.717) is 6.42 Å². The highest BCUT2D eigenvalue weighted by atomic mass is 32.2. The van der Waals surface area contributed by atoms with Gasteiger partial charge in [-0.15, -0.1) is 0 Å². The molecule has 0 bridgehead atoms. The van der Waals surface area contributed by atoms with E-state index in [1.54, 1.807) is 11.8 Å². The van der Waals surface area contributed by atoms with Crippen LogP contribution in [0.1, 0.15) is 31.7 Å². The van der Waals surface area contributed by atoms with Crippen LogP contribution in [0.5, 0.6) is 0 Å². The van der Waals surface area contributed by atoms with Gasteiger partial charge in [0.15, 0.2) is 0 Å². The van der Waals surface area contributed by atoms with Gasteiger partial charge in [-0.1, -0.05) is 6.92 Å². The molecule has 4 heteroatoms. The van der Waals surface area contributed by atoms with Gasteiger partial charge in [-0.05, 0) is 49.3 Å². The molecule has 1 aliphatic heterocycles. The summed E-state index contributed by atoms with van der Waals surface area (Å²) < 4.78 is 0. The standard InChI is InChI=1S/C16H24N2OS/c1-3-20-11-8-16(19)17-15-7-6-14(12-13(15)2)18-9-4-5-10-18/h6-7,12H,3-5,8-11H2,1-2H3,(H,17,19). The molecule has 3 nitrogen and oxygen atoms in total. The largest absolute Gasteiger partial charge is 0.372 e. The lowest BCUT2D eigenvalue weighted by Gasteiger charge is -2.19. The Hall–Kier alpha value is -1.16. The summed E-state index contributed by atoms with van der Waals surface area (Å²) in [6.07, 6.45) is 3.16. The lowest BCUT2D eigenvalue weighted by Crippen LogP contribution is -2.18. The summed E-state index contributed by atoms with van der Waals surface area (Å²) in [7, 11) is 0. The molecule has 0 spiro atoms. The molecule has 1 saturated heterocycles. The Morgan fingerprint density at radius 1 is 1.35 bits per heavy atom. The average Bonchev–Trinajstić information content (AvgIpc) is 2.95. The van der Waals surface area contributed by atoms with E-state index in [-0.39, 0.29) is 5.91 Å². The quantitative estimate of drug-likeness (QED) is 0.812. The van der Waals surface area contributed by atoms with Crippen LogP contribution in [0.15, 0.2) is 18.2 Å². The highest BCUT2D eigenvalue weighted by Crippen LogP contribution is 2.25. The molecule has 1 aromatic carbocycles. The van der Waals surface area contributed by atoms with E-state index in [4.69, 9.17) is 0 Å². The predicted molar refractivity (Wildman–Crippen MR) is 88.9 cm³/mol. The third-order valence-electron chi connectivity index (χ3n) is 3.63. The number of rotatable bonds is 6. The number of amides is 1. The fourth-order valence-electron chi connectivity index (χ4n) is 2.48. The number of hydrogen-bond acceptors (Lipinski definition) is 3. The Bertz CT molecular complexity index is 456. The van der Waals surface area contributed by atoms with Gasteiger partial charge in [0.05, 0.1) is 0 Å². The van der Waals surface area contributed by atoms with E-state index in [9.17, 15) is 4.79 Å². The Morgan fingerprint density at radius 2 is 2.10 bits per heavy atom. The summed E-state index contributed by atoms with van der Waals surface area (Å²) in [6, 6.07) is 6.34. The Balaban J connectivity index is 1.93. The lowest BCUT2D eigenvalue weighted by molar-refractivity contribution is -0.115. The maximum Gasteiger partial charge on any atom is 0.225 e. The van der Waals surface area contributed by atoms with Gasteiger partial charge in [0, 0.05) is 36.6 Å². The van der Waals surface area contributed by atoms with Crippen LogP contribution in [0.25, 0.3) is 0 Å². The molecular weight excluding hydrogens is 268 g/mol. The zero-order chi connectivity index (χ0) is 14.4. The molecule has 110 valence electrons. The molecular formula is C16H24N2OS. The second kappa shape index (κ2) is 7.58. The van der Waals surface area contributed by atoms with E-state index in [1.165, 1.54) is 18.5 Å². The first-order valence-electron chi connectivity index (χ1n) is 7.44. The number of anilines is 2. The van der Waals surface area contributed by atoms with Gasteiger partial charge in [-0.3, -0.25) is 4.79 Å². The SMILES string of the molecule is CCSCCC(=O)Nc1ccc(N2CCCC2)cc1C. The molecule has 2 rings (SSSR count). The monoisotopic (exact) mass is 292 g/mol. The number of aryl methyl sites for hydroxylation is 1. The van der Waals surface area contributed by atoms with E-state index in [1.807, 2.05) is 6.07 Å². The van der Waals surface area contributed by atoms with Gasteiger partial charge >= 0.3 is 0 Å². The van der Waals surface area contributed by atoms with Gasteiger partial charge in [-0.2, -0.15) is 11.8 Å². The molecule has 1 heterocycles. The number of nitrogens with zero attached hydrogens (tertiary/aromatic N) is 1. The molecule has 0 unspecified atom stereocenters. The molecule has 0 radical (unpaired) electrons. The van der Waals surface area contributed by atoms with Crippen LogP contribution < -0.4 is 10.2 Å². The molecule has 1 fully saturated rings. The lowest BCUT2D eigenvalue weighted by atomic mass is 10.1. The predicted octanol–water partition coefficient (Wildman–Crippen LogP) is 3.68. The summed E-state index contributed by atoms with van der Waals surface area (Å²) in [4.78, 5) is 14.3. The number of hydrogen-bond donors (Lipinski definition) is 1. The summed E-state index contributed by atoms with van der Waals surface area (Å²) in [5.41, 5.74) is 3.37. The molecule has 20 heavy (non-hydrogen) atoms. The van der Waals surface area contributed by atoms with Crippen LogP contribution >= 0.6 is 11.8 Å². The van der Waals surface area contributed by atoms with Gasteiger partial charge in [-0.25, -0.2) is 0 Å². The minimum absolute atomic E-state index is 0.114. The second-order valence-electron chi connectivity index (χ2n) is 5.19. The number of carbonyl (C=O) groups excluding carboxylic acids is 1. The minimum atomic E-state index is 0.114. The smallest absolute Gasteiger partial charge is 0.225 e. The first kappa shape index (κ1) is 15.2. The van der Waals surface area contributed by atoms with Crippen molar-refractivity contribution in [3.8, 4) is 0 Å². The normalized spacial score (nSPS) is 14.6. The third kappa shape index (κ3) is 4.17. The minimum Gasteiger partial charge on any atom is -0.372 e.